The maximum atomic E-state index is 11.1. The van der Waals surface area contributed by atoms with Gasteiger partial charge in [-0.15, -0.1) is 23.1 Å². The minimum Gasteiger partial charge on any atom is -0.497 e. The summed E-state index contributed by atoms with van der Waals surface area (Å²) in [6.07, 6.45) is 0. The fourth-order valence-corrected chi connectivity index (χ4v) is 3.87. The number of methoxy groups -OCH3 is 1. The van der Waals surface area contributed by atoms with Crippen molar-refractivity contribution in [2.45, 2.75) is 6.04 Å². The number of hydrogen-bond donors (Lipinski definition) is 1. The molecule has 0 spiro atoms. The van der Waals surface area contributed by atoms with E-state index < -0.39 is 6.04 Å². The highest BCUT2D eigenvalue weighted by molar-refractivity contribution is 8.15. The predicted octanol–water partition coefficient (Wildman–Crippen LogP) is 1.65. The SMILES string of the molecule is COc1ccc2nc(C3=N[C@@H](C(N)=O)CS3)sc2c1. The molecule has 2 N–H and O–H groups in total. The summed E-state index contributed by atoms with van der Waals surface area (Å²) in [5, 5.41) is 1.63. The summed E-state index contributed by atoms with van der Waals surface area (Å²) in [4.78, 5) is 19.9. The molecule has 1 aliphatic rings. The molecule has 19 heavy (non-hydrogen) atoms. The lowest BCUT2D eigenvalue weighted by atomic mass is 10.3. The molecule has 0 bridgehead atoms. The summed E-state index contributed by atoms with van der Waals surface area (Å²) in [5.74, 6) is 1.02. The highest BCUT2D eigenvalue weighted by atomic mass is 32.2. The van der Waals surface area contributed by atoms with Gasteiger partial charge in [0, 0.05) is 5.75 Å². The first kappa shape index (κ1) is 12.4. The molecule has 2 heterocycles. The molecule has 1 aromatic carbocycles. The average molecular weight is 293 g/mol. The Labute approximate surface area is 117 Å². The van der Waals surface area contributed by atoms with Gasteiger partial charge in [-0.05, 0) is 18.2 Å². The molecular formula is C12H11N3O2S2. The van der Waals surface area contributed by atoms with Gasteiger partial charge in [-0.3, -0.25) is 9.79 Å². The third-order valence-electron chi connectivity index (χ3n) is 2.76. The van der Waals surface area contributed by atoms with E-state index in [1.807, 2.05) is 18.2 Å². The van der Waals surface area contributed by atoms with E-state index in [2.05, 4.69) is 9.98 Å². The number of amides is 1. The Kier molecular flexibility index (Phi) is 3.16. The molecule has 1 aromatic heterocycles. The van der Waals surface area contributed by atoms with E-state index in [0.29, 0.717) is 5.75 Å². The molecule has 1 amide bonds. The minimum atomic E-state index is -0.429. The van der Waals surface area contributed by atoms with Gasteiger partial charge in [0.2, 0.25) is 5.91 Å². The van der Waals surface area contributed by atoms with Crippen LogP contribution in [0.4, 0.5) is 0 Å². The number of fused-ring (bicyclic) bond motifs is 1. The number of aliphatic imine (C=N–C) groups is 1. The molecule has 0 radical (unpaired) electrons. The van der Waals surface area contributed by atoms with Gasteiger partial charge in [-0.2, -0.15) is 0 Å². The maximum absolute atomic E-state index is 11.1. The second-order valence-corrected chi connectivity index (χ2v) is 6.06. The van der Waals surface area contributed by atoms with E-state index in [4.69, 9.17) is 10.5 Å². The lowest BCUT2D eigenvalue weighted by Crippen LogP contribution is -2.26. The van der Waals surface area contributed by atoms with Crippen LogP contribution in [0, 0.1) is 0 Å². The molecule has 7 heteroatoms. The number of ether oxygens (including phenoxy) is 1. The number of rotatable bonds is 3. The molecule has 98 valence electrons. The van der Waals surface area contributed by atoms with Crippen molar-refractivity contribution in [2.24, 2.45) is 10.7 Å². The Bertz CT molecular complexity index is 681. The molecule has 0 saturated carbocycles. The van der Waals surface area contributed by atoms with Gasteiger partial charge in [-0.25, -0.2) is 4.98 Å². The molecule has 0 aliphatic carbocycles. The fraction of sp³-hybridized carbons (Fsp3) is 0.250. The van der Waals surface area contributed by atoms with Gasteiger partial charge in [0.15, 0.2) is 0 Å². The fourth-order valence-electron chi connectivity index (χ4n) is 1.76. The van der Waals surface area contributed by atoms with E-state index in [1.54, 1.807) is 18.4 Å². The third kappa shape index (κ3) is 2.31. The molecule has 1 aliphatic heterocycles. The number of thiazole rings is 1. The first-order valence-electron chi connectivity index (χ1n) is 5.62. The zero-order chi connectivity index (χ0) is 13.4. The van der Waals surface area contributed by atoms with Crippen molar-refractivity contribution in [1.29, 1.82) is 0 Å². The van der Waals surface area contributed by atoms with Crippen molar-refractivity contribution < 1.29 is 9.53 Å². The third-order valence-corrected chi connectivity index (χ3v) is 4.97. The van der Waals surface area contributed by atoms with E-state index in [-0.39, 0.29) is 5.91 Å². The summed E-state index contributed by atoms with van der Waals surface area (Å²) in [5.41, 5.74) is 6.17. The first-order chi connectivity index (χ1) is 9.17. The van der Waals surface area contributed by atoms with Gasteiger partial charge >= 0.3 is 0 Å². The van der Waals surface area contributed by atoms with Crippen LogP contribution >= 0.6 is 23.1 Å². The van der Waals surface area contributed by atoms with Crippen molar-refractivity contribution in [3.05, 3.63) is 23.2 Å². The summed E-state index contributed by atoms with van der Waals surface area (Å²) in [6.45, 7) is 0. The van der Waals surface area contributed by atoms with Crippen LogP contribution < -0.4 is 10.5 Å². The molecular weight excluding hydrogens is 282 g/mol. The van der Waals surface area contributed by atoms with Crippen LogP contribution in [0.25, 0.3) is 10.2 Å². The van der Waals surface area contributed by atoms with Crippen LogP contribution in [0.15, 0.2) is 23.2 Å². The Morgan fingerprint density at radius 1 is 1.53 bits per heavy atom. The highest BCUT2D eigenvalue weighted by Gasteiger charge is 2.25. The number of primary amides is 1. The molecule has 5 nitrogen and oxygen atoms in total. The number of carbonyl (C=O) groups excluding carboxylic acids is 1. The number of nitrogens with two attached hydrogens (primary N) is 1. The van der Waals surface area contributed by atoms with Crippen molar-refractivity contribution in [1.82, 2.24) is 4.98 Å². The molecule has 0 saturated heterocycles. The van der Waals surface area contributed by atoms with Crippen LogP contribution in [0.5, 0.6) is 5.75 Å². The smallest absolute Gasteiger partial charge is 0.243 e. The number of carbonyl (C=O) groups is 1. The Morgan fingerprint density at radius 3 is 3.05 bits per heavy atom. The first-order valence-corrected chi connectivity index (χ1v) is 7.42. The second kappa shape index (κ2) is 4.82. The van der Waals surface area contributed by atoms with Gasteiger partial charge in [0.05, 0.1) is 17.3 Å². The van der Waals surface area contributed by atoms with Crippen LogP contribution in [0.2, 0.25) is 0 Å². The average Bonchev–Trinajstić information content (AvgIpc) is 3.04. The van der Waals surface area contributed by atoms with Crippen LogP contribution in [0.1, 0.15) is 5.01 Å². The lowest BCUT2D eigenvalue weighted by Gasteiger charge is -1.96. The number of nitrogens with zero attached hydrogens (tertiary/aromatic N) is 2. The van der Waals surface area contributed by atoms with Crippen LogP contribution in [-0.4, -0.2) is 34.8 Å². The number of thioether (sulfide) groups is 1. The normalized spacial score (nSPS) is 18.6. The zero-order valence-electron chi connectivity index (χ0n) is 10.1. The van der Waals surface area contributed by atoms with Gasteiger partial charge in [-0.1, -0.05) is 0 Å². The van der Waals surface area contributed by atoms with Crippen molar-refractivity contribution >= 4 is 44.3 Å². The minimum absolute atomic E-state index is 0.384. The molecule has 3 rings (SSSR count). The Hall–Kier alpha value is -1.60. The maximum Gasteiger partial charge on any atom is 0.243 e. The number of hydrogen-bond acceptors (Lipinski definition) is 6. The predicted molar refractivity (Wildman–Crippen MR) is 78.1 cm³/mol. The Morgan fingerprint density at radius 2 is 2.37 bits per heavy atom. The highest BCUT2D eigenvalue weighted by Crippen LogP contribution is 2.31. The topological polar surface area (TPSA) is 77.6 Å². The van der Waals surface area contributed by atoms with Gasteiger partial charge < -0.3 is 10.5 Å². The van der Waals surface area contributed by atoms with Crippen molar-refractivity contribution in [2.75, 3.05) is 12.9 Å². The number of aromatic nitrogens is 1. The summed E-state index contributed by atoms with van der Waals surface area (Å²) >= 11 is 3.07. The van der Waals surface area contributed by atoms with Crippen molar-refractivity contribution in [3.8, 4) is 5.75 Å². The van der Waals surface area contributed by atoms with Crippen molar-refractivity contribution in [3.63, 3.8) is 0 Å². The van der Waals surface area contributed by atoms with E-state index in [0.717, 1.165) is 26.0 Å². The van der Waals surface area contributed by atoms with Crippen LogP contribution in [0.3, 0.4) is 0 Å². The quantitative estimate of drug-likeness (QED) is 0.933. The summed E-state index contributed by atoms with van der Waals surface area (Å²) < 4.78 is 6.23. The summed E-state index contributed by atoms with van der Waals surface area (Å²) in [6, 6.07) is 5.31. The van der Waals surface area contributed by atoms with E-state index >= 15 is 0 Å². The molecule has 1 atom stereocenters. The summed E-state index contributed by atoms with van der Waals surface area (Å²) in [7, 11) is 1.64. The van der Waals surface area contributed by atoms with E-state index in [1.165, 1.54) is 11.8 Å². The zero-order valence-corrected chi connectivity index (χ0v) is 11.8. The standard InChI is InChI=1S/C12H11N3O2S2/c1-17-6-2-3-7-9(4-6)19-12(14-7)11-15-8(5-18-11)10(13)16/h2-4,8H,5H2,1H3,(H2,13,16)/t8-/m1/s1. The van der Waals surface area contributed by atoms with Crippen LogP contribution in [-0.2, 0) is 4.79 Å². The Balaban J connectivity index is 1.98. The second-order valence-electron chi connectivity index (χ2n) is 4.02. The van der Waals surface area contributed by atoms with Gasteiger partial charge in [0.1, 0.15) is 21.8 Å². The number of benzene rings is 1. The lowest BCUT2D eigenvalue weighted by molar-refractivity contribution is -0.118. The monoisotopic (exact) mass is 293 g/mol. The molecule has 0 fully saturated rings. The largest absolute Gasteiger partial charge is 0.497 e. The molecule has 2 aromatic rings. The molecule has 0 unspecified atom stereocenters. The van der Waals surface area contributed by atoms with E-state index in [9.17, 15) is 4.79 Å². The van der Waals surface area contributed by atoms with Gasteiger partial charge in [0.25, 0.3) is 0 Å².